The molecule has 0 bridgehead atoms. The van der Waals surface area contributed by atoms with Gasteiger partial charge in [0.05, 0.1) is 25.8 Å². The number of benzene rings is 1. The number of nitrogens with zero attached hydrogens (tertiary/aromatic N) is 4. The zero-order valence-electron chi connectivity index (χ0n) is 19.4. The number of rotatable bonds is 3. The van der Waals surface area contributed by atoms with Crippen LogP contribution in [0.15, 0.2) is 24.3 Å². The molecule has 1 saturated carbocycles. The Morgan fingerprint density at radius 3 is 2.71 bits per heavy atom. The van der Waals surface area contributed by atoms with E-state index in [-0.39, 0.29) is 17.9 Å². The van der Waals surface area contributed by atoms with Gasteiger partial charge in [-0.05, 0) is 55.2 Å². The fourth-order valence-electron chi connectivity index (χ4n) is 6.01. The van der Waals surface area contributed by atoms with Crippen molar-refractivity contribution in [2.75, 3.05) is 26.3 Å². The van der Waals surface area contributed by atoms with Gasteiger partial charge in [0, 0.05) is 29.4 Å². The molecule has 7 nitrogen and oxygen atoms in total. The summed E-state index contributed by atoms with van der Waals surface area (Å²) in [5.41, 5.74) is 5.56. The number of amides is 1. The first-order chi connectivity index (χ1) is 16.7. The van der Waals surface area contributed by atoms with E-state index in [0.29, 0.717) is 38.8 Å². The molecule has 2 aromatic heterocycles. The minimum atomic E-state index is 0.0358. The second-order valence-electron chi connectivity index (χ2n) is 9.98. The number of nitrogens with one attached hydrogen (secondary N) is 1. The van der Waals surface area contributed by atoms with Gasteiger partial charge in [-0.1, -0.05) is 24.3 Å². The Balaban J connectivity index is 1.32. The lowest BCUT2D eigenvalue weighted by molar-refractivity contribution is -0.139. The maximum atomic E-state index is 13.4. The van der Waals surface area contributed by atoms with Crippen LogP contribution in [0.25, 0.3) is 5.00 Å². The van der Waals surface area contributed by atoms with Crippen molar-refractivity contribution < 1.29 is 9.53 Å². The van der Waals surface area contributed by atoms with Gasteiger partial charge in [0.25, 0.3) is 0 Å². The summed E-state index contributed by atoms with van der Waals surface area (Å²) in [6.45, 7) is 5.43. The van der Waals surface area contributed by atoms with Crippen molar-refractivity contribution in [1.29, 1.82) is 0 Å². The molecule has 2 fully saturated rings. The van der Waals surface area contributed by atoms with Crippen molar-refractivity contribution in [2.24, 2.45) is 5.92 Å². The third-order valence-electron chi connectivity index (χ3n) is 7.84. The minimum Gasteiger partial charge on any atom is -0.378 e. The van der Waals surface area contributed by atoms with Crippen LogP contribution in [-0.2, 0) is 28.9 Å². The minimum absolute atomic E-state index is 0.0358. The van der Waals surface area contributed by atoms with Crippen molar-refractivity contribution in [3.8, 4) is 5.00 Å². The topological polar surface area (TPSA) is 72.3 Å². The molecular formula is C26H29N5O2S. The molecule has 4 aliphatic rings. The Morgan fingerprint density at radius 1 is 1.12 bits per heavy atom. The third kappa shape index (κ3) is 3.26. The van der Waals surface area contributed by atoms with Crippen LogP contribution in [0.4, 0.5) is 0 Å². The van der Waals surface area contributed by atoms with Crippen molar-refractivity contribution in [3.63, 3.8) is 0 Å². The van der Waals surface area contributed by atoms with E-state index in [0.717, 1.165) is 24.5 Å². The van der Waals surface area contributed by atoms with Crippen LogP contribution in [0.2, 0.25) is 0 Å². The smallest absolute Gasteiger partial charge is 0.226 e. The number of carbonyl (C=O) groups is 1. The van der Waals surface area contributed by atoms with Gasteiger partial charge in [-0.15, -0.1) is 21.5 Å². The van der Waals surface area contributed by atoms with Crippen LogP contribution in [0.5, 0.6) is 0 Å². The third-order valence-corrected chi connectivity index (χ3v) is 9.09. The molecule has 176 valence electrons. The molecule has 0 radical (unpaired) electrons. The second-order valence-corrected chi connectivity index (χ2v) is 11.1. The molecule has 7 rings (SSSR count). The van der Waals surface area contributed by atoms with E-state index < -0.39 is 0 Å². The van der Waals surface area contributed by atoms with Crippen LogP contribution in [-0.4, -0.2) is 51.9 Å². The van der Waals surface area contributed by atoms with Crippen molar-refractivity contribution in [2.45, 2.75) is 51.1 Å². The van der Waals surface area contributed by atoms with Gasteiger partial charge in [-0.2, -0.15) is 0 Å². The number of ether oxygens (including phenoxy) is 1. The molecule has 1 amide bonds. The zero-order valence-corrected chi connectivity index (χ0v) is 20.2. The molecule has 3 aromatic rings. The van der Waals surface area contributed by atoms with E-state index in [1.165, 1.54) is 45.0 Å². The van der Waals surface area contributed by atoms with Crippen molar-refractivity contribution in [1.82, 2.24) is 25.0 Å². The molecule has 2 aliphatic carbocycles. The van der Waals surface area contributed by atoms with Crippen LogP contribution < -0.4 is 5.32 Å². The van der Waals surface area contributed by atoms with E-state index in [1.807, 2.05) is 23.2 Å². The van der Waals surface area contributed by atoms with Gasteiger partial charge in [-0.3, -0.25) is 14.7 Å². The summed E-state index contributed by atoms with van der Waals surface area (Å²) in [4.78, 5) is 16.7. The van der Waals surface area contributed by atoms with Gasteiger partial charge in [0.1, 0.15) is 10.8 Å². The van der Waals surface area contributed by atoms with Gasteiger partial charge in [0.2, 0.25) is 5.91 Å². The average Bonchev–Trinajstić information content (AvgIpc) is 3.46. The van der Waals surface area contributed by atoms with Crippen molar-refractivity contribution in [3.05, 3.63) is 63.0 Å². The van der Waals surface area contributed by atoms with Gasteiger partial charge in [-0.25, -0.2) is 0 Å². The predicted molar refractivity (Wildman–Crippen MR) is 129 cm³/mol. The lowest BCUT2D eigenvalue weighted by Gasteiger charge is -2.29. The van der Waals surface area contributed by atoms with E-state index in [9.17, 15) is 4.79 Å². The highest BCUT2D eigenvalue weighted by Gasteiger charge is 2.40. The van der Waals surface area contributed by atoms with Crippen LogP contribution >= 0.6 is 11.3 Å². The molecule has 4 heterocycles. The molecule has 2 unspecified atom stereocenters. The number of hydrogen-bond acceptors (Lipinski definition) is 6. The Bertz CT molecular complexity index is 1270. The maximum Gasteiger partial charge on any atom is 0.226 e. The lowest BCUT2D eigenvalue weighted by Crippen LogP contribution is -2.44. The molecule has 34 heavy (non-hydrogen) atoms. The maximum absolute atomic E-state index is 13.4. The lowest BCUT2D eigenvalue weighted by atomic mass is 9.90. The first-order valence-corrected chi connectivity index (χ1v) is 13.2. The summed E-state index contributed by atoms with van der Waals surface area (Å²) in [7, 11) is 0. The number of thiophene rings is 1. The standard InChI is InChI=1S/C26H29N5O2S/c1-15-28-29-22-14-27-24(19-5-3-2-4-18(19)16-6-7-16)23-20-12-17(13-21(20)34-26(23)31(15)22)25(32)30-8-10-33-11-9-30/h2-5,16-17,24,27H,6-14H2,1H3. The zero-order chi connectivity index (χ0) is 22.8. The number of morpholine rings is 1. The number of aromatic nitrogens is 3. The van der Waals surface area contributed by atoms with E-state index in [1.54, 1.807) is 0 Å². The highest BCUT2D eigenvalue weighted by molar-refractivity contribution is 7.15. The molecule has 1 aromatic carbocycles. The van der Waals surface area contributed by atoms with E-state index in [4.69, 9.17) is 4.74 Å². The summed E-state index contributed by atoms with van der Waals surface area (Å²) in [6, 6.07) is 9.04. The second kappa shape index (κ2) is 8.00. The highest BCUT2D eigenvalue weighted by Crippen LogP contribution is 2.49. The van der Waals surface area contributed by atoms with Crippen molar-refractivity contribution >= 4 is 17.2 Å². The first-order valence-electron chi connectivity index (χ1n) is 12.4. The Morgan fingerprint density at radius 2 is 1.91 bits per heavy atom. The predicted octanol–water partition coefficient (Wildman–Crippen LogP) is 3.28. The number of hydrogen-bond donors (Lipinski definition) is 1. The molecule has 0 spiro atoms. The Labute approximate surface area is 203 Å². The molecule has 8 heteroatoms. The summed E-state index contributed by atoms with van der Waals surface area (Å²) in [5, 5.41) is 13.9. The largest absolute Gasteiger partial charge is 0.378 e. The summed E-state index contributed by atoms with van der Waals surface area (Å²) in [5.74, 6) is 2.89. The number of aryl methyl sites for hydroxylation is 1. The highest BCUT2D eigenvalue weighted by atomic mass is 32.1. The van der Waals surface area contributed by atoms with Gasteiger partial charge in [0.15, 0.2) is 5.82 Å². The Kier molecular flexibility index (Phi) is 4.89. The fourth-order valence-corrected chi connectivity index (χ4v) is 7.52. The van der Waals surface area contributed by atoms with Crippen LogP contribution in [0, 0.1) is 12.8 Å². The average molecular weight is 476 g/mol. The number of fused-ring (bicyclic) bond motifs is 5. The SMILES string of the molecule is Cc1nnc2n1-c1sc3c(c1C(c1ccccc1C1CC1)NC2)CC(C(=O)N1CCOCC1)C3. The van der Waals surface area contributed by atoms with Crippen LogP contribution in [0.1, 0.15) is 63.6 Å². The number of carbonyl (C=O) groups excluding carboxylic acids is 1. The molecule has 2 aliphatic heterocycles. The first kappa shape index (κ1) is 20.8. The van der Waals surface area contributed by atoms with Crippen LogP contribution in [0.3, 0.4) is 0 Å². The molecule has 2 atom stereocenters. The molecule has 1 saturated heterocycles. The summed E-state index contributed by atoms with van der Waals surface area (Å²) < 4.78 is 7.71. The monoisotopic (exact) mass is 475 g/mol. The summed E-state index contributed by atoms with van der Waals surface area (Å²) in [6.07, 6.45) is 4.20. The quantitative estimate of drug-likeness (QED) is 0.630. The van der Waals surface area contributed by atoms with E-state index in [2.05, 4.69) is 44.3 Å². The fraction of sp³-hybridized carbons (Fsp3) is 0.500. The van der Waals surface area contributed by atoms with E-state index >= 15 is 0 Å². The Hall–Kier alpha value is -2.55. The van der Waals surface area contributed by atoms with Gasteiger partial charge < -0.3 is 9.64 Å². The normalized spacial score (nSPS) is 23.9. The summed E-state index contributed by atoms with van der Waals surface area (Å²) >= 11 is 1.84. The van der Waals surface area contributed by atoms with Gasteiger partial charge >= 0.3 is 0 Å². The molecular weight excluding hydrogens is 446 g/mol. The molecule has 1 N–H and O–H groups in total.